The van der Waals surface area contributed by atoms with Crippen molar-refractivity contribution in [1.82, 2.24) is 0 Å². The molecule has 0 aliphatic carbocycles. The molecule has 0 spiro atoms. The predicted molar refractivity (Wildman–Crippen MR) is 68.2 cm³/mol. The number of carbonyl (C=O) groups is 2. The molecule has 1 aromatic rings. The van der Waals surface area contributed by atoms with Crippen LogP contribution in [0.3, 0.4) is 0 Å². The molecule has 0 fully saturated rings. The van der Waals surface area contributed by atoms with E-state index in [4.69, 9.17) is 9.62 Å². The van der Waals surface area contributed by atoms with Gasteiger partial charge in [-0.2, -0.15) is 0 Å². The zero-order valence-electron chi connectivity index (χ0n) is 11.1. The molecule has 5 nitrogen and oxygen atoms in total. The van der Waals surface area contributed by atoms with Crippen LogP contribution in [0.2, 0.25) is 0 Å². The van der Waals surface area contributed by atoms with Crippen molar-refractivity contribution in [2.24, 2.45) is 5.92 Å². The Morgan fingerprint density at radius 3 is 2.37 bits per heavy atom. The number of para-hydroxylation sites is 1. The first-order valence-corrected chi connectivity index (χ1v) is 6.19. The van der Waals surface area contributed by atoms with Crippen molar-refractivity contribution in [3.8, 4) is 5.75 Å². The molecule has 0 heterocycles. The van der Waals surface area contributed by atoms with Gasteiger partial charge in [-0.1, -0.05) is 25.1 Å². The number of ether oxygens (including phenoxy) is 1. The van der Waals surface area contributed by atoms with E-state index < -0.39 is 5.97 Å². The number of esters is 1. The zero-order chi connectivity index (χ0) is 14.1. The fraction of sp³-hybridized carbons (Fsp3) is 0.429. The first-order chi connectivity index (χ1) is 9.11. The molecule has 1 rings (SSSR count). The molecule has 19 heavy (non-hydrogen) atoms. The maximum atomic E-state index is 11.5. The number of rotatable bonds is 7. The van der Waals surface area contributed by atoms with E-state index in [9.17, 15) is 9.59 Å². The Labute approximate surface area is 112 Å². The Morgan fingerprint density at radius 1 is 1.11 bits per heavy atom. The quantitative estimate of drug-likeness (QED) is 0.431. The van der Waals surface area contributed by atoms with Crippen LogP contribution in [0.4, 0.5) is 0 Å². The van der Waals surface area contributed by atoms with Gasteiger partial charge < -0.3 is 4.74 Å². The SMILES string of the molecule is CCOC(=O)CC(C)CC(=O)OOc1ccccc1. The second-order valence-corrected chi connectivity index (χ2v) is 4.17. The minimum Gasteiger partial charge on any atom is -0.466 e. The summed E-state index contributed by atoms with van der Waals surface area (Å²) >= 11 is 0. The molecule has 1 aromatic carbocycles. The Balaban J connectivity index is 2.25. The highest BCUT2D eigenvalue weighted by Gasteiger charge is 2.16. The highest BCUT2D eigenvalue weighted by atomic mass is 17.2. The maximum Gasteiger partial charge on any atom is 0.355 e. The summed E-state index contributed by atoms with van der Waals surface area (Å²) in [5, 5.41) is 0. The van der Waals surface area contributed by atoms with Gasteiger partial charge >= 0.3 is 11.9 Å². The van der Waals surface area contributed by atoms with Crippen molar-refractivity contribution < 1.29 is 24.1 Å². The van der Waals surface area contributed by atoms with E-state index in [1.165, 1.54) is 0 Å². The topological polar surface area (TPSA) is 61.8 Å². The summed E-state index contributed by atoms with van der Waals surface area (Å²) in [6.07, 6.45) is 0.292. The van der Waals surface area contributed by atoms with Gasteiger partial charge in [-0.3, -0.25) is 14.6 Å². The molecule has 104 valence electrons. The van der Waals surface area contributed by atoms with Crippen molar-refractivity contribution in [1.29, 1.82) is 0 Å². The lowest BCUT2D eigenvalue weighted by atomic mass is 10.0. The van der Waals surface area contributed by atoms with E-state index in [1.807, 2.05) is 6.07 Å². The lowest BCUT2D eigenvalue weighted by Gasteiger charge is -2.09. The highest BCUT2D eigenvalue weighted by Crippen LogP contribution is 2.12. The molecule has 1 atom stereocenters. The fourth-order valence-electron chi connectivity index (χ4n) is 1.47. The highest BCUT2D eigenvalue weighted by molar-refractivity contribution is 5.72. The van der Waals surface area contributed by atoms with Gasteiger partial charge in [0.05, 0.1) is 13.0 Å². The molecule has 0 radical (unpaired) electrons. The van der Waals surface area contributed by atoms with Crippen LogP contribution in [0, 0.1) is 5.92 Å². The number of carbonyl (C=O) groups excluding carboxylic acids is 2. The van der Waals surface area contributed by atoms with Crippen LogP contribution in [0.1, 0.15) is 26.7 Å². The summed E-state index contributed by atoms with van der Waals surface area (Å²) in [6.45, 7) is 3.86. The summed E-state index contributed by atoms with van der Waals surface area (Å²) in [6, 6.07) is 8.72. The van der Waals surface area contributed by atoms with Crippen LogP contribution in [-0.4, -0.2) is 18.5 Å². The van der Waals surface area contributed by atoms with Gasteiger partial charge in [-0.25, -0.2) is 4.79 Å². The van der Waals surface area contributed by atoms with Gasteiger partial charge in [0.2, 0.25) is 0 Å². The van der Waals surface area contributed by atoms with Crippen molar-refractivity contribution in [3.05, 3.63) is 30.3 Å². The van der Waals surface area contributed by atoms with Gasteiger partial charge in [-0.15, -0.1) is 0 Å². The van der Waals surface area contributed by atoms with Crippen LogP contribution >= 0.6 is 0 Å². The van der Waals surface area contributed by atoms with E-state index in [0.717, 1.165) is 0 Å². The average molecular weight is 266 g/mol. The van der Waals surface area contributed by atoms with Crippen LogP contribution in [0.5, 0.6) is 5.75 Å². The summed E-state index contributed by atoms with van der Waals surface area (Å²) in [7, 11) is 0. The standard InChI is InChI=1S/C14H18O5/c1-3-17-13(15)9-11(2)10-14(16)19-18-12-7-5-4-6-8-12/h4-8,11H,3,9-10H2,1-2H3. The molecule has 0 N–H and O–H groups in total. The second-order valence-electron chi connectivity index (χ2n) is 4.17. The van der Waals surface area contributed by atoms with E-state index in [1.54, 1.807) is 38.1 Å². The molecule has 1 unspecified atom stereocenters. The molecular formula is C14H18O5. The van der Waals surface area contributed by atoms with Gasteiger partial charge in [0, 0.05) is 6.42 Å². The van der Waals surface area contributed by atoms with E-state index >= 15 is 0 Å². The third-order valence-electron chi connectivity index (χ3n) is 2.31. The lowest BCUT2D eigenvalue weighted by molar-refractivity contribution is -0.214. The summed E-state index contributed by atoms with van der Waals surface area (Å²) in [5.41, 5.74) is 0. The smallest absolute Gasteiger partial charge is 0.355 e. The fourth-order valence-corrected chi connectivity index (χ4v) is 1.47. The first-order valence-electron chi connectivity index (χ1n) is 6.19. The molecule has 0 amide bonds. The molecule has 0 aliphatic rings. The Hall–Kier alpha value is -2.04. The minimum absolute atomic E-state index is 0.103. The van der Waals surface area contributed by atoms with Gasteiger partial charge in [-0.05, 0) is 25.0 Å². The Bertz CT molecular complexity index is 402. The molecule has 0 aromatic heterocycles. The van der Waals surface area contributed by atoms with Crippen LogP contribution < -0.4 is 4.89 Å². The maximum absolute atomic E-state index is 11.5. The largest absolute Gasteiger partial charge is 0.466 e. The molecule has 5 heteroatoms. The minimum atomic E-state index is -0.513. The summed E-state index contributed by atoms with van der Waals surface area (Å²) in [4.78, 5) is 32.2. The lowest BCUT2D eigenvalue weighted by Crippen LogP contribution is -2.15. The monoisotopic (exact) mass is 266 g/mol. The Morgan fingerprint density at radius 2 is 1.74 bits per heavy atom. The van der Waals surface area contributed by atoms with Crippen molar-refractivity contribution >= 4 is 11.9 Å². The zero-order valence-corrected chi connectivity index (χ0v) is 11.1. The van der Waals surface area contributed by atoms with E-state index in [0.29, 0.717) is 12.4 Å². The first kappa shape index (κ1) is 15.0. The summed E-state index contributed by atoms with van der Waals surface area (Å²) < 4.78 is 4.80. The van der Waals surface area contributed by atoms with Crippen molar-refractivity contribution in [2.75, 3.05) is 6.61 Å². The van der Waals surface area contributed by atoms with Gasteiger partial charge in [0.15, 0.2) is 5.75 Å². The van der Waals surface area contributed by atoms with E-state index in [2.05, 4.69) is 4.89 Å². The predicted octanol–water partition coefficient (Wildman–Crippen LogP) is 2.50. The van der Waals surface area contributed by atoms with Gasteiger partial charge in [0.25, 0.3) is 0 Å². The van der Waals surface area contributed by atoms with Crippen molar-refractivity contribution in [2.45, 2.75) is 26.7 Å². The van der Waals surface area contributed by atoms with Crippen LogP contribution in [0.25, 0.3) is 0 Å². The summed E-state index contributed by atoms with van der Waals surface area (Å²) in [5.74, 6) is -0.521. The molecule has 0 aliphatic heterocycles. The molecule has 0 saturated carbocycles. The average Bonchev–Trinajstić information content (AvgIpc) is 2.37. The third-order valence-corrected chi connectivity index (χ3v) is 2.31. The second kappa shape index (κ2) is 8.13. The normalized spacial score (nSPS) is 11.5. The molecule has 0 bridgehead atoms. The molecule has 0 saturated heterocycles. The van der Waals surface area contributed by atoms with Crippen molar-refractivity contribution in [3.63, 3.8) is 0 Å². The number of benzene rings is 1. The van der Waals surface area contributed by atoms with Gasteiger partial charge in [0.1, 0.15) is 0 Å². The van der Waals surface area contributed by atoms with Crippen LogP contribution in [0.15, 0.2) is 30.3 Å². The Kier molecular flexibility index (Phi) is 6.43. The number of hydrogen-bond donors (Lipinski definition) is 0. The third kappa shape index (κ3) is 6.45. The number of hydrogen-bond acceptors (Lipinski definition) is 5. The van der Waals surface area contributed by atoms with Crippen LogP contribution in [-0.2, 0) is 19.2 Å². The molecular weight excluding hydrogens is 248 g/mol. The van der Waals surface area contributed by atoms with E-state index in [-0.39, 0.29) is 24.7 Å².